The molecule has 10 heteroatoms. The number of nitrogens with zero attached hydrogens (tertiary/aromatic N) is 4. The lowest BCUT2D eigenvalue weighted by Gasteiger charge is -2.29. The molecule has 2 aromatic carbocycles. The van der Waals surface area contributed by atoms with Gasteiger partial charge in [0.15, 0.2) is 5.13 Å². The van der Waals surface area contributed by atoms with Crippen molar-refractivity contribution in [2.45, 2.75) is 0 Å². The Balaban J connectivity index is 0.00000245. The van der Waals surface area contributed by atoms with Crippen LogP contribution in [-0.2, 0) is 4.74 Å². The molecule has 168 valence electrons. The monoisotopic (exact) mass is 490 g/mol. The third kappa shape index (κ3) is 4.72. The molecule has 0 radical (unpaired) electrons. The number of halogens is 1. The summed E-state index contributed by atoms with van der Waals surface area (Å²) in [6.07, 6.45) is 0. The number of carbonyl (C=O) groups excluding carboxylic acids is 1. The van der Waals surface area contributed by atoms with E-state index in [-0.39, 0.29) is 18.3 Å². The largest absolute Gasteiger partial charge is 0.497 e. The Morgan fingerprint density at radius 3 is 2.81 bits per heavy atom. The summed E-state index contributed by atoms with van der Waals surface area (Å²) in [4.78, 5) is 26.8. The lowest BCUT2D eigenvalue weighted by molar-refractivity contribution is 0.0391. The fraction of sp³-hybridized carbons (Fsp3) is 0.318. The molecule has 0 bridgehead atoms. The maximum atomic E-state index is 13.6. The number of ether oxygens (including phenoxy) is 2. The van der Waals surface area contributed by atoms with E-state index in [1.807, 2.05) is 36.4 Å². The molecule has 5 rings (SSSR count). The molecule has 3 heterocycles. The summed E-state index contributed by atoms with van der Waals surface area (Å²) >= 11 is 3.06. The number of rotatable bonds is 6. The van der Waals surface area contributed by atoms with Crippen LogP contribution in [0.2, 0.25) is 0 Å². The van der Waals surface area contributed by atoms with Gasteiger partial charge in [-0.3, -0.25) is 14.6 Å². The predicted octanol–water partition coefficient (Wildman–Crippen LogP) is 4.32. The number of anilines is 1. The smallest absolute Gasteiger partial charge is 0.260 e. The van der Waals surface area contributed by atoms with E-state index in [0.29, 0.717) is 17.2 Å². The second-order valence-corrected chi connectivity index (χ2v) is 9.17. The Kier molecular flexibility index (Phi) is 7.22. The van der Waals surface area contributed by atoms with Crippen LogP contribution in [0.4, 0.5) is 5.13 Å². The van der Waals surface area contributed by atoms with Crippen molar-refractivity contribution in [3.05, 3.63) is 47.5 Å². The maximum absolute atomic E-state index is 13.6. The van der Waals surface area contributed by atoms with Crippen LogP contribution in [0.3, 0.4) is 0 Å². The SMILES string of the molecule is COc1ccc2sc(N(CCN3CCOCC3)C(=O)c3ccc4ncsc4c3)nc2c1.Cl. The molecular formula is C22H23ClN4O3S2. The molecule has 7 nitrogen and oxygen atoms in total. The molecule has 0 aliphatic carbocycles. The third-order valence-corrected chi connectivity index (χ3v) is 7.23. The van der Waals surface area contributed by atoms with E-state index >= 15 is 0 Å². The van der Waals surface area contributed by atoms with E-state index in [2.05, 4.69) is 9.88 Å². The van der Waals surface area contributed by atoms with Gasteiger partial charge in [0.25, 0.3) is 5.91 Å². The minimum atomic E-state index is -0.0467. The zero-order valence-corrected chi connectivity index (χ0v) is 20.0. The van der Waals surface area contributed by atoms with Crippen LogP contribution in [0.15, 0.2) is 41.9 Å². The molecular weight excluding hydrogens is 468 g/mol. The first-order valence-electron chi connectivity index (χ1n) is 10.1. The highest BCUT2D eigenvalue weighted by atomic mass is 35.5. The normalized spacial score (nSPS) is 14.4. The van der Waals surface area contributed by atoms with Gasteiger partial charge in [-0.05, 0) is 30.3 Å². The molecule has 1 saturated heterocycles. The van der Waals surface area contributed by atoms with Crippen molar-refractivity contribution < 1.29 is 14.3 Å². The van der Waals surface area contributed by atoms with Crippen LogP contribution < -0.4 is 9.64 Å². The Morgan fingerprint density at radius 1 is 1.16 bits per heavy atom. The zero-order valence-electron chi connectivity index (χ0n) is 17.5. The Morgan fingerprint density at radius 2 is 2.00 bits per heavy atom. The van der Waals surface area contributed by atoms with Gasteiger partial charge < -0.3 is 9.47 Å². The molecule has 1 fully saturated rings. The lowest BCUT2D eigenvalue weighted by Crippen LogP contribution is -2.43. The van der Waals surface area contributed by atoms with Crippen LogP contribution in [0.25, 0.3) is 20.4 Å². The first-order chi connectivity index (χ1) is 15.2. The summed E-state index contributed by atoms with van der Waals surface area (Å²) in [6, 6.07) is 11.5. The van der Waals surface area contributed by atoms with Gasteiger partial charge >= 0.3 is 0 Å². The number of fused-ring (bicyclic) bond motifs is 2. The number of morpholine rings is 1. The molecule has 1 aliphatic heterocycles. The standard InChI is InChI=1S/C22H22N4O3S2.ClH/c1-28-16-3-5-19-18(13-16)24-22(31-19)26(7-6-25-8-10-29-11-9-25)21(27)15-2-4-17-20(12-15)30-14-23-17;/h2-5,12-14H,6-11H2,1H3;1H. The van der Waals surface area contributed by atoms with Crippen molar-refractivity contribution in [1.29, 1.82) is 0 Å². The molecule has 0 spiro atoms. The Labute approximate surface area is 200 Å². The maximum Gasteiger partial charge on any atom is 0.260 e. The van der Waals surface area contributed by atoms with E-state index in [9.17, 15) is 4.79 Å². The first-order valence-corrected chi connectivity index (χ1v) is 11.8. The number of methoxy groups -OCH3 is 1. The molecule has 1 aliphatic rings. The number of hydrogen-bond acceptors (Lipinski definition) is 8. The zero-order chi connectivity index (χ0) is 21.2. The van der Waals surface area contributed by atoms with E-state index < -0.39 is 0 Å². The lowest BCUT2D eigenvalue weighted by atomic mass is 10.2. The second-order valence-electron chi connectivity index (χ2n) is 7.28. The molecule has 0 unspecified atom stereocenters. The average molecular weight is 491 g/mol. The third-order valence-electron chi connectivity index (χ3n) is 5.38. The summed E-state index contributed by atoms with van der Waals surface area (Å²) in [5.41, 5.74) is 4.20. The van der Waals surface area contributed by atoms with E-state index in [1.54, 1.807) is 17.5 Å². The number of carbonyl (C=O) groups is 1. The summed E-state index contributed by atoms with van der Waals surface area (Å²) in [5, 5.41) is 0.700. The fourth-order valence-electron chi connectivity index (χ4n) is 3.63. The van der Waals surface area contributed by atoms with Crippen molar-refractivity contribution >= 4 is 66.6 Å². The van der Waals surface area contributed by atoms with Crippen LogP contribution in [0.5, 0.6) is 5.75 Å². The van der Waals surface area contributed by atoms with Gasteiger partial charge in [0.2, 0.25) is 0 Å². The van der Waals surface area contributed by atoms with E-state index in [0.717, 1.165) is 59.0 Å². The van der Waals surface area contributed by atoms with Crippen molar-refractivity contribution in [1.82, 2.24) is 14.9 Å². The Bertz CT molecular complexity index is 1220. The molecule has 0 N–H and O–H groups in total. The highest BCUT2D eigenvalue weighted by Crippen LogP contribution is 2.32. The van der Waals surface area contributed by atoms with Crippen molar-refractivity contribution in [3.63, 3.8) is 0 Å². The number of hydrogen-bond donors (Lipinski definition) is 0. The molecule has 32 heavy (non-hydrogen) atoms. The number of aromatic nitrogens is 2. The molecule has 0 saturated carbocycles. The highest BCUT2D eigenvalue weighted by Gasteiger charge is 2.23. The first kappa shape index (κ1) is 22.9. The van der Waals surface area contributed by atoms with Gasteiger partial charge in [-0.25, -0.2) is 9.97 Å². The van der Waals surface area contributed by atoms with Crippen LogP contribution in [0.1, 0.15) is 10.4 Å². The van der Waals surface area contributed by atoms with E-state index in [1.165, 1.54) is 22.7 Å². The average Bonchev–Trinajstić information content (AvgIpc) is 3.45. The predicted molar refractivity (Wildman–Crippen MR) is 132 cm³/mol. The summed E-state index contributed by atoms with van der Waals surface area (Å²) in [5.74, 6) is 0.709. The van der Waals surface area contributed by atoms with Gasteiger partial charge in [0, 0.05) is 37.8 Å². The van der Waals surface area contributed by atoms with Gasteiger partial charge in [0.05, 0.1) is 46.3 Å². The summed E-state index contributed by atoms with van der Waals surface area (Å²) in [7, 11) is 1.64. The minimum Gasteiger partial charge on any atom is -0.497 e. The van der Waals surface area contributed by atoms with Crippen LogP contribution in [-0.4, -0.2) is 67.3 Å². The van der Waals surface area contributed by atoms with Gasteiger partial charge in [-0.1, -0.05) is 11.3 Å². The minimum absolute atomic E-state index is 0. The quantitative estimate of drug-likeness (QED) is 0.401. The van der Waals surface area contributed by atoms with Crippen LogP contribution in [0, 0.1) is 0 Å². The Hall–Kier alpha value is -2.30. The highest BCUT2D eigenvalue weighted by molar-refractivity contribution is 7.22. The number of thiazole rings is 2. The summed E-state index contributed by atoms with van der Waals surface area (Å²) in [6.45, 7) is 4.57. The van der Waals surface area contributed by atoms with Gasteiger partial charge in [-0.2, -0.15) is 0 Å². The molecule has 2 aromatic heterocycles. The van der Waals surface area contributed by atoms with Gasteiger partial charge in [-0.15, -0.1) is 23.7 Å². The van der Waals surface area contributed by atoms with Gasteiger partial charge in [0.1, 0.15) is 5.75 Å². The number of amides is 1. The van der Waals surface area contributed by atoms with E-state index in [4.69, 9.17) is 14.5 Å². The summed E-state index contributed by atoms with van der Waals surface area (Å²) < 4.78 is 12.8. The molecule has 1 amide bonds. The van der Waals surface area contributed by atoms with Crippen molar-refractivity contribution in [3.8, 4) is 5.75 Å². The topological polar surface area (TPSA) is 67.8 Å². The second kappa shape index (κ2) is 10.1. The van der Waals surface area contributed by atoms with Crippen LogP contribution >= 0.6 is 35.1 Å². The molecule has 0 atom stereocenters. The van der Waals surface area contributed by atoms with Crippen molar-refractivity contribution in [2.75, 3.05) is 51.4 Å². The van der Waals surface area contributed by atoms with Crippen molar-refractivity contribution in [2.24, 2.45) is 0 Å². The number of benzene rings is 2. The fourth-order valence-corrected chi connectivity index (χ4v) is 5.32. The molecule has 4 aromatic rings.